The zero-order chi connectivity index (χ0) is 17.9. The topological polar surface area (TPSA) is 29.9 Å². The lowest BCUT2D eigenvalue weighted by Gasteiger charge is -2.08. The molecule has 2 aromatic carbocycles. The van der Waals surface area contributed by atoms with Crippen molar-refractivity contribution in [1.82, 2.24) is 9.55 Å². The van der Waals surface area contributed by atoms with Crippen LogP contribution in [0, 0.1) is 6.92 Å². The molecule has 4 rings (SSSR count). The Morgan fingerprint density at radius 2 is 1.88 bits per heavy atom. The first-order valence-corrected chi connectivity index (χ1v) is 9.58. The van der Waals surface area contributed by atoms with Crippen molar-refractivity contribution in [2.45, 2.75) is 13.5 Å². The van der Waals surface area contributed by atoms with Crippen LogP contribution in [-0.2, 0) is 6.54 Å². The predicted molar refractivity (Wildman–Crippen MR) is 112 cm³/mol. The molecule has 2 aromatic heterocycles. The van der Waals surface area contributed by atoms with Gasteiger partial charge in [0, 0.05) is 40.6 Å². The van der Waals surface area contributed by atoms with Crippen LogP contribution in [0.2, 0.25) is 0 Å². The molecule has 4 aromatic rings. The van der Waals surface area contributed by atoms with E-state index in [1.807, 2.05) is 6.08 Å². The summed E-state index contributed by atoms with van der Waals surface area (Å²) >= 11 is 1.64. The number of thiazole rings is 1. The first-order chi connectivity index (χ1) is 12.8. The third-order valence-electron chi connectivity index (χ3n) is 4.57. The van der Waals surface area contributed by atoms with E-state index in [0.29, 0.717) is 0 Å². The molecule has 130 valence electrons. The summed E-state index contributed by atoms with van der Waals surface area (Å²) < 4.78 is 2.39. The second-order valence-corrected chi connectivity index (χ2v) is 7.11. The Hall–Kier alpha value is -2.85. The number of nitrogens with zero attached hydrogens (tertiary/aromatic N) is 2. The molecule has 0 atom stereocenters. The third-order valence-corrected chi connectivity index (χ3v) is 5.37. The fourth-order valence-electron chi connectivity index (χ4n) is 3.35. The molecule has 0 saturated heterocycles. The van der Waals surface area contributed by atoms with Gasteiger partial charge < -0.3 is 9.88 Å². The molecule has 0 bridgehead atoms. The van der Waals surface area contributed by atoms with Gasteiger partial charge in [0.15, 0.2) is 5.13 Å². The van der Waals surface area contributed by atoms with E-state index < -0.39 is 0 Å². The van der Waals surface area contributed by atoms with Crippen molar-refractivity contribution >= 4 is 27.4 Å². The Kier molecular flexibility index (Phi) is 4.59. The minimum absolute atomic E-state index is 0.724. The highest BCUT2D eigenvalue weighted by Crippen LogP contribution is 2.36. The number of rotatable bonds is 6. The summed E-state index contributed by atoms with van der Waals surface area (Å²) in [6.45, 7) is 7.52. The van der Waals surface area contributed by atoms with Crippen LogP contribution in [0.25, 0.3) is 22.2 Å². The number of aromatic nitrogens is 2. The number of anilines is 1. The van der Waals surface area contributed by atoms with Gasteiger partial charge >= 0.3 is 0 Å². The second kappa shape index (κ2) is 7.18. The van der Waals surface area contributed by atoms with Gasteiger partial charge in [0.1, 0.15) is 0 Å². The molecule has 0 saturated carbocycles. The van der Waals surface area contributed by atoms with Crippen LogP contribution in [0.15, 0.2) is 72.6 Å². The van der Waals surface area contributed by atoms with Crippen LogP contribution in [0.4, 0.5) is 5.13 Å². The molecular formula is C22H21N3S. The third kappa shape index (κ3) is 3.04. The average Bonchev–Trinajstić information content (AvgIpc) is 3.24. The van der Waals surface area contributed by atoms with Crippen LogP contribution in [0.3, 0.4) is 0 Å². The van der Waals surface area contributed by atoms with E-state index in [1.54, 1.807) is 11.3 Å². The summed E-state index contributed by atoms with van der Waals surface area (Å²) in [5, 5.41) is 7.59. The number of hydrogen-bond acceptors (Lipinski definition) is 3. The highest BCUT2D eigenvalue weighted by molar-refractivity contribution is 7.14. The number of hydrogen-bond donors (Lipinski definition) is 1. The second-order valence-electron chi connectivity index (χ2n) is 6.26. The van der Waals surface area contributed by atoms with Gasteiger partial charge in [0.25, 0.3) is 0 Å². The van der Waals surface area contributed by atoms with Crippen molar-refractivity contribution in [2.75, 3.05) is 11.9 Å². The van der Waals surface area contributed by atoms with E-state index in [9.17, 15) is 0 Å². The molecule has 3 nitrogen and oxygen atoms in total. The van der Waals surface area contributed by atoms with E-state index in [1.165, 1.54) is 27.7 Å². The van der Waals surface area contributed by atoms with Crippen LogP contribution in [0.1, 0.15) is 11.3 Å². The monoisotopic (exact) mass is 359 g/mol. The highest BCUT2D eigenvalue weighted by atomic mass is 32.1. The molecule has 0 radical (unpaired) electrons. The molecule has 26 heavy (non-hydrogen) atoms. The molecule has 0 amide bonds. The van der Waals surface area contributed by atoms with Crippen molar-refractivity contribution in [2.24, 2.45) is 0 Å². The van der Waals surface area contributed by atoms with E-state index in [0.717, 1.165) is 23.9 Å². The van der Waals surface area contributed by atoms with Gasteiger partial charge in [-0.25, -0.2) is 4.98 Å². The zero-order valence-electron chi connectivity index (χ0n) is 14.8. The van der Waals surface area contributed by atoms with Crippen LogP contribution in [-0.4, -0.2) is 16.1 Å². The van der Waals surface area contributed by atoms with Crippen molar-refractivity contribution < 1.29 is 0 Å². The minimum atomic E-state index is 0.724. The van der Waals surface area contributed by atoms with Crippen LogP contribution >= 0.6 is 11.3 Å². The summed E-state index contributed by atoms with van der Waals surface area (Å²) in [6, 6.07) is 19.2. The first-order valence-electron chi connectivity index (χ1n) is 8.70. The number of fused-ring (bicyclic) bond motifs is 1. The average molecular weight is 359 g/mol. The lowest BCUT2D eigenvalue weighted by molar-refractivity contribution is 0.806. The summed E-state index contributed by atoms with van der Waals surface area (Å²) in [5.41, 5.74) is 6.05. The Labute approximate surface area is 157 Å². The first kappa shape index (κ1) is 16.6. The van der Waals surface area contributed by atoms with Crippen LogP contribution < -0.4 is 5.32 Å². The maximum atomic E-state index is 4.80. The van der Waals surface area contributed by atoms with Crippen molar-refractivity contribution in [1.29, 1.82) is 0 Å². The van der Waals surface area contributed by atoms with E-state index in [-0.39, 0.29) is 0 Å². The molecule has 0 aliphatic rings. The zero-order valence-corrected chi connectivity index (χ0v) is 15.6. The summed E-state index contributed by atoms with van der Waals surface area (Å²) in [7, 11) is 0. The molecular weight excluding hydrogens is 338 g/mol. The lowest BCUT2D eigenvalue weighted by Crippen LogP contribution is -2.01. The van der Waals surface area contributed by atoms with Crippen LogP contribution in [0.5, 0.6) is 0 Å². The molecule has 2 heterocycles. The van der Waals surface area contributed by atoms with Gasteiger partial charge in [0.2, 0.25) is 0 Å². The van der Waals surface area contributed by atoms with Crippen molar-refractivity contribution in [3.63, 3.8) is 0 Å². The Balaban J connectivity index is 1.81. The van der Waals surface area contributed by atoms with Crippen molar-refractivity contribution in [3.05, 3.63) is 83.9 Å². The van der Waals surface area contributed by atoms with Gasteiger partial charge in [-0.15, -0.1) is 17.9 Å². The molecule has 0 aliphatic heterocycles. The largest absolute Gasteiger partial charge is 0.358 e. The Morgan fingerprint density at radius 3 is 2.69 bits per heavy atom. The molecule has 0 spiro atoms. The molecule has 0 fully saturated rings. The molecule has 0 unspecified atom stereocenters. The maximum absolute atomic E-state index is 4.80. The number of nitrogens with one attached hydrogen (secondary N) is 1. The van der Waals surface area contributed by atoms with Gasteiger partial charge in [-0.05, 0) is 18.6 Å². The van der Waals surface area contributed by atoms with E-state index in [4.69, 9.17) is 4.98 Å². The Morgan fingerprint density at radius 1 is 1.12 bits per heavy atom. The van der Waals surface area contributed by atoms with Gasteiger partial charge in [-0.3, -0.25) is 0 Å². The van der Waals surface area contributed by atoms with Gasteiger partial charge in [-0.1, -0.05) is 54.6 Å². The summed E-state index contributed by atoms with van der Waals surface area (Å²) in [6.07, 6.45) is 1.85. The normalized spacial score (nSPS) is 11.0. The SMILES string of the molecule is C=CCNc1nc(-c2c(C)n(Cc3ccccc3)c3ccccc23)cs1. The smallest absolute Gasteiger partial charge is 0.183 e. The molecule has 0 aliphatic carbocycles. The molecule has 4 heteroatoms. The highest BCUT2D eigenvalue weighted by Gasteiger charge is 2.17. The maximum Gasteiger partial charge on any atom is 0.183 e. The minimum Gasteiger partial charge on any atom is -0.358 e. The standard InChI is InChI=1S/C22H21N3S/c1-3-13-23-22-24-19(15-26-22)21-16(2)25(14-17-9-5-4-6-10-17)20-12-8-7-11-18(20)21/h3-12,15H,1,13-14H2,2H3,(H,23,24). The summed E-state index contributed by atoms with van der Waals surface area (Å²) in [5.74, 6) is 0. The number of para-hydroxylation sites is 1. The predicted octanol–water partition coefficient (Wildman–Crippen LogP) is 5.72. The van der Waals surface area contributed by atoms with Gasteiger partial charge in [0.05, 0.1) is 5.69 Å². The van der Waals surface area contributed by atoms with E-state index in [2.05, 4.69) is 83.4 Å². The van der Waals surface area contributed by atoms with Crippen molar-refractivity contribution in [3.8, 4) is 11.3 Å². The number of benzene rings is 2. The fourth-order valence-corrected chi connectivity index (χ4v) is 4.06. The van der Waals surface area contributed by atoms with Gasteiger partial charge in [-0.2, -0.15) is 0 Å². The lowest BCUT2D eigenvalue weighted by atomic mass is 10.1. The molecule has 1 N–H and O–H groups in total. The fraction of sp³-hybridized carbons (Fsp3) is 0.136. The summed E-state index contributed by atoms with van der Waals surface area (Å²) in [4.78, 5) is 4.80. The quantitative estimate of drug-likeness (QED) is 0.446. The van der Waals surface area contributed by atoms with E-state index >= 15 is 0 Å². The Bertz CT molecular complexity index is 1040.